The van der Waals surface area contributed by atoms with E-state index in [1.54, 1.807) is 6.20 Å². The Balaban J connectivity index is 1.07. The molecule has 0 atom stereocenters. The Kier molecular flexibility index (Phi) is 5.41. The number of aromatic nitrogens is 3. The van der Waals surface area contributed by atoms with Crippen LogP contribution in [0.25, 0.3) is 21.9 Å². The Hall–Kier alpha value is -3.45. The van der Waals surface area contributed by atoms with E-state index in [4.69, 9.17) is 0 Å². The van der Waals surface area contributed by atoms with Crippen LogP contribution in [-0.2, 0) is 0 Å². The van der Waals surface area contributed by atoms with E-state index in [9.17, 15) is 9.59 Å². The summed E-state index contributed by atoms with van der Waals surface area (Å²) < 4.78 is 1.95. The molecule has 0 aliphatic carbocycles. The molecule has 0 radical (unpaired) electrons. The fraction of sp³-hybridized carbons (Fsp3) is 0.370. The highest BCUT2D eigenvalue weighted by atomic mass is 16.2. The largest absolute Gasteiger partial charge is 0.339 e. The average molecular weight is 456 g/mol. The number of carbonyl (C=O) groups excluding carboxylic acids is 1. The highest BCUT2D eigenvalue weighted by Gasteiger charge is 2.31. The number of pyridine rings is 1. The summed E-state index contributed by atoms with van der Waals surface area (Å²) in [6.07, 6.45) is 5.73. The average Bonchev–Trinajstić information content (AvgIpc) is 3.24. The number of hydrogen-bond donors (Lipinski definition) is 1. The second-order valence-electron chi connectivity index (χ2n) is 9.52. The van der Waals surface area contributed by atoms with Gasteiger partial charge in [-0.25, -0.2) is 4.79 Å². The van der Waals surface area contributed by atoms with Crippen LogP contribution in [0.5, 0.6) is 0 Å². The minimum Gasteiger partial charge on any atom is -0.339 e. The zero-order valence-electron chi connectivity index (χ0n) is 19.2. The molecule has 2 aromatic carbocycles. The van der Waals surface area contributed by atoms with Gasteiger partial charge in [0.05, 0.1) is 16.6 Å². The standard InChI is InChI=1S/C27H29N5O2/c33-26(20-7-8-23-19(18-20)4-3-13-28-23)31-16-9-21(10-17-31)30-14-11-22(12-15-30)32-25-6-2-1-5-24(25)29-27(32)34/h1-8,13,18,21-22H,9-12,14-17H2,(H,29,34). The summed E-state index contributed by atoms with van der Waals surface area (Å²) in [4.78, 5) is 37.6. The molecule has 1 amide bonds. The lowest BCUT2D eigenvalue weighted by Gasteiger charge is -2.42. The molecular formula is C27H29N5O2. The number of para-hydroxylation sites is 2. The number of piperidine rings is 2. The summed E-state index contributed by atoms with van der Waals surface area (Å²) >= 11 is 0. The lowest BCUT2D eigenvalue weighted by Crippen LogP contribution is -2.49. The van der Waals surface area contributed by atoms with Gasteiger partial charge in [-0.2, -0.15) is 0 Å². The zero-order valence-corrected chi connectivity index (χ0v) is 19.2. The van der Waals surface area contributed by atoms with E-state index < -0.39 is 0 Å². The van der Waals surface area contributed by atoms with E-state index >= 15 is 0 Å². The van der Waals surface area contributed by atoms with Crippen molar-refractivity contribution in [1.29, 1.82) is 0 Å². The van der Waals surface area contributed by atoms with E-state index in [0.29, 0.717) is 6.04 Å². The SMILES string of the molecule is O=C(c1ccc2ncccc2c1)N1CCC(N2CCC(n3c(=O)[nH]c4ccccc43)CC2)CC1. The minimum absolute atomic E-state index is 0.00376. The molecule has 7 nitrogen and oxygen atoms in total. The van der Waals surface area contributed by atoms with Crippen LogP contribution in [0.2, 0.25) is 0 Å². The van der Waals surface area contributed by atoms with Crippen molar-refractivity contribution in [3.05, 3.63) is 76.8 Å². The molecule has 0 saturated carbocycles. The Morgan fingerprint density at radius 2 is 1.65 bits per heavy atom. The third kappa shape index (κ3) is 3.80. The molecule has 2 saturated heterocycles. The van der Waals surface area contributed by atoms with Gasteiger partial charge in [0, 0.05) is 55.4 Å². The van der Waals surface area contributed by atoms with Crippen LogP contribution < -0.4 is 5.69 Å². The Bertz CT molecular complexity index is 1390. The third-order valence-electron chi connectivity index (χ3n) is 7.61. The van der Waals surface area contributed by atoms with Gasteiger partial charge in [0.25, 0.3) is 5.91 Å². The van der Waals surface area contributed by atoms with Crippen molar-refractivity contribution in [2.24, 2.45) is 0 Å². The molecule has 4 heterocycles. The van der Waals surface area contributed by atoms with Crippen LogP contribution in [0.3, 0.4) is 0 Å². The van der Waals surface area contributed by atoms with Gasteiger partial charge < -0.3 is 14.8 Å². The molecule has 2 fully saturated rings. The summed E-state index contributed by atoms with van der Waals surface area (Å²) in [5, 5.41) is 1.00. The molecule has 7 heteroatoms. The topological polar surface area (TPSA) is 74.2 Å². The molecule has 2 aliphatic rings. The summed E-state index contributed by atoms with van der Waals surface area (Å²) in [5.74, 6) is 0.113. The molecule has 2 aromatic heterocycles. The maximum atomic E-state index is 13.1. The molecule has 34 heavy (non-hydrogen) atoms. The first-order chi connectivity index (χ1) is 16.7. The summed E-state index contributed by atoms with van der Waals surface area (Å²) in [7, 11) is 0. The van der Waals surface area contributed by atoms with Crippen molar-refractivity contribution < 1.29 is 4.79 Å². The molecular weight excluding hydrogens is 426 g/mol. The summed E-state index contributed by atoms with van der Waals surface area (Å²) in [5.41, 5.74) is 3.56. The number of nitrogens with zero attached hydrogens (tertiary/aromatic N) is 4. The smallest absolute Gasteiger partial charge is 0.326 e. The quantitative estimate of drug-likeness (QED) is 0.510. The van der Waals surface area contributed by atoms with Gasteiger partial charge in [-0.05, 0) is 62.1 Å². The number of hydrogen-bond acceptors (Lipinski definition) is 4. The van der Waals surface area contributed by atoms with E-state index in [1.807, 2.05) is 64.1 Å². The molecule has 0 unspecified atom stereocenters. The van der Waals surface area contributed by atoms with Crippen LogP contribution in [0.1, 0.15) is 42.1 Å². The zero-order chi connectivity index (χ0) is 23.1. The van der Waals surface area contributed by atoms with Crippen molar-refractivity contribution in [3.63, 3.8) is 0 Å². The van der Waals surface area contributed by atoms with Gasteiger partial charge in [-0.3, -0.25) is 14.3 Å². The number of likely N-dealkylation sites (tertiary alicyclic amines) is 2. The number of nitrogens with one attached hydrogen (secondary N) is 1. The highest BCUT2D eigenvalue weighted by Crippen LogP contribution is 2.28. The molecule has 4 aromatic rings. The van der Waals surface area contributed by atoms with Crippen LogP contribution >= 0.6 is 0 Å². The number of fused-ring (bicyclic) bond motifs is 2. The van der Waals surface area contributed by atoms with Crippen LogP contribution in [0.15, 0.2) is 65.6 Å². The Labute approximate surface area is 198 Å². The lowest BCUT2D eigenvalue weighted by atomic mass is 9.97. The lowest BCUT2D eigenvalue weighted by molar-refractivity contribution is 0.0558. The van der Waals surface area contributed by atoms with E-state index in [1.165, 1.54) is 0 Å². The van der Waals surface area contributed by atoms with Gasteiger partial charge in [-0.15, -0.1) is 0 Å². The number of aromatic amines is 1. The van der Waals surface area contributed by atoms with Crippen molar-refractivity contribution in [2.45, 2.75) is 37.8 Å². The highest BCUT2D eigenvalue weighted by molar-refractivity contribution is 5.98. The maximum absolute atomic E-state index is 13.1. The van der Waals surface area contributed by atoms with Crippen LogP contribution in [0.4, 0.5) is 0 Å². The fourth-order valence-corrected chi connectivity index (χ4v) is 5.77. The summed E-state index contributed by atoms with van der Waals surface area (Å²) in [6, 6.07) is 18.4. The van der Waals surface area contributed by atoms with Gasteiger partial charge in [0.2, 0.25) is 0 Å². The molecule has 2 aliphatic heterocycles. The predicted molar refractivity (Wildman–Crippen MR) is 133 cm³/mol. The van der Waals surface area contributed by atoms with E-state index in [2.05, 4.69) is 14.9 Å². The van der Waals surface area contributed by atoms with Gasteiger partial charge in [0.1, 0.15) is 0 Å². The van der Waals surface area contributed by atoms with Gasteiger partial charge >= 0.3 is 5.69 Å². The minimum atomic E-state index is -0.00376. The molecule has 0 spiro atoms. The second-order valence-corrected chi connectivity index (χ2v) is 9.52. The number of rotatable bonds is 3. The Morgan fingerprint density at radius 3 is 2.47 bits per heavy atom. The van der Waals surface area contributed by atoms with Crippen molar-refractivity contribution >= 4 is 27.8 Å². The summed E-state index contributed by atoms with van der Waals surface area (Å²) in [6.45, 7) is 3.56. The van der Waals surface area contributed by atoms with Gasteiger partial charge in [0.15, 0.2) is 0 Å². The first kappa shape index (κ1) is 21.1. The molecule has 0 bridgehead atoms. The van der Waals surface area contributed by atoms with Crippen molar-refractivity contribution in [3.8, 4) is 0 Å². The predicted octanol–water partition coefficient (Wildman–Crippen LogP) is 3.82. The van der Waals surface area contributed by atoms with Crippen LogP contribution in [-0.4, -0.2) is 62.5 Å². The van der Waals surface area contributed by atoms with E-state index in [0.717, 1.165) is 79.4 Å². The number of imidazole rings is 1. The first-order valence-corrected chi connectivity index (χ1v) is 12.2. The number of amides is 1. The second kappa shape index (κ2) is 8.72. The number of carbonyl (C=O) groups is 1. The molecule has 6 rings (SSSR count). The molecule has 1 N–H and O–H groups in total. The van der Waals surface area contributed by atoms with Gasteiger partial charge in [-0.1, -0.05) is 18.2 Å². The molecule has 174 valence electrons. The third-order valence-corrected chi connectivity index (χ3v) is 7.61. The normalized spacial score (nSPS) is 18.6. The Morgan fingerprint density at radius 1 is 0.882 bits per heavy atom. The first-order valence-electron chi connectivity index (χ1n) is 12.2. The van der Waals surface area contributed by atoms with Crippen molar-refractivity contribution in [2.75, 3.05) is 26.2 Å². The number of benzene rings is 2. The fourth-order valence-electron chi connectivity index (χ4n) is 5.77. The van der Waals surface area contributed by atoms with Crippen LogP contribution in [0, 0.1) is 0 Å². The maximum Gasteiger partial charge on any atom is 0.326 e. The number of H-pyrrole nitrogens is 1. The van der Waals surface area contributed by atoms with Crippen molar-refractivity contribution in [1.82, 2.24) is 24.3 Å². The monoisotopic (exact) mass is 455 g/mol. The van der Waals surface area contributed by atoms with E-state index in [-0.39, 0.29) is 17.6 Å².